The van der Waals surface area contributed by atoms with Gasteiger partial charge in [0.1, 0.15) is 11.4 Å². The third kappa shape index (κ3) is 6.93. The number of benzene rings is 1. The summed E-state index contributed by atoms with van der Waals surface area (Å²) >= 11 is 17.5. The molecule has 0 fully saturated rings. The van der Waals surface area contributed by atoms with Gasteiger partial charge in [-0.1, -0.05) is 44.0 Å². The molecule has 8 nitrogen and oxygen atoms in total. The van der Waals surface area contributed by atoms with Gasteiger partial charge in [0.15, 0.2) is 5.82 Å². The third-order valence-electron chi connectivity index (χ3n) is 5.28. The number of hydrogen-bond acceptors (Lipinski definition) is 6. The van der Waals surface area contributed by atoms with Crippen LogP contribution in [0.25, 0.3) is 5.82 Å². The summed E-state index contributed by atoms with van der Waals surface area (Å²) < 4.78 is 7.55. The molecule has 0 bridgehead atoms. The van der Waals surface area contributed by atoms with Crippen LogP contribution in [0.5, 0.6) is 11.6 Å². The van der Waals surface area contributed by atoms with E-state index in [1.807, 2.05) is 10.8 Å². The SMILES string of the molecule is CC(C)(C)CCNC(=O)c1cc(Cl)cc(Br)c1NC(=O)c1cc(Oc2ccsc2)nn1-c1ncccc1Cl. The molecule has 38 heavy (non-hydrogen) atoms. The maximum absolute atomic E-state index is 13.6. The van der Waals surface area contributed by atoms with Gasteiger partial charge in [0, 0.05) is 33.7 Å². The summed E-state index contributed by atoms with van der Waals surface area (Å²) in [7, 11) is 0. The van der Waals surface area contributed by atoms with E-state index in [4.69, 9.17) is 27.9 Å². The summed E-state index contributed by atoms with van der Waals surface area (Å²) in [6.07, 6.45) is 2.32. The van der Waals surface area contributed by atoms with E-state index < -0.39 is 5.91 Å². The minimum absolute atomic E-state index is 0.0488. The number of thiophene rings is 1. The quantitative estimate of drug-likeness (QED) is 0.207. The van der Waals surface area contributed by atoms with E-state index in [-0.39, 0.29) is 40.0 Å². The van der Waals surface area contributed by atoms with Crippen LogP contribution in [-0.2, 0) is 0 Å². The highest BCUT2D eigenvalue weighted by Crippen LogP contribution is 2.32. The molecule has 0 saturated heterocycles. The molecule has 4 rings (SSSR count). The molecule has 0 aliphatic carbocycles. The van der Waals surface area contributed by atoms with Crippen molar-refractivity contribution in [2.24, 2.45) is 5.41 Å². The second-order valence-electron chi connectivity index (χ2n) is 9.48. The number of rotatable bonds is 8. The van der Waals surface area contributed by atoms with Crippen LogP contribution < -0.4 is 15.4 Å². The molecule has 4 aromatic rings. The molecule has 0 spiro atoms. The molecule has 3 heterocycles. The lowest BCUT2D eigenvalue weighted by Crippen LogP contribution is -2.29. The maximum Gasteiger partial charge on any atom is 0.274 e. The average molecular weight is 637 g/mol. The van der Waals surface area contributed by atoms with Crippen molar-refractivity contribution in [2.75, 3.05) is 11.9 Å². The molecule has 0 aliphatic rings. The number of carbonyl (C=O) groups is 2. The minimum atomic E-state index is -0.564. The predicted octanol–water partition coefficient (Wildman–Crippen LogP) is 7.61. The molecular formula is C26H24BrCl2N5O3S. The summed E-state index contributed by atoms with van der Waals surface area (Å²) in [5.74, 6) is 0.0652. The van der Waals surface area contributed by atoms with E-state index in [1.54, 1.807) is 30.5 Å². The van der Waals surface area contributed by atoms with Crippen LogP contribution in [0.4, 0.5) is 5.69 Å². The molecule has 1 aromatic carbocycles. The molecule has 2 amide bonds. The molecule has 0 aliphatic heterocycles. The van der Waals surface area contributed by atoms with Gasteiger partial charge in [-0.05, 0) is 63.5 Å². The maximum atomic E-state index is 13.6. The van der Waals surface area contributed by atoms with Crippen LogP contribution in [-0.4, -0.2) is 33.1 Å². The Morgan fingerprint density at radius 2 is 1.95 bits per heavy atom. The average Bonchev–Trinajstić information content (AvgIpc) is 3.50. The van der Waals surface area contributed by atoms with Crippen molar-refractivity contribution in [1.29, 1.82) is 0 Å². The Morgan fingerprint density at radius 3 is 2.63 bits per heavy atom. The van der Waals surface area contributed by atoms with Crippen molar-refractivity contribution in [1.82, 2.24) is 20.1 Å². The number of amides is 2. The lowest BCUT2D eigenvalue weighted by molar-refractivity contribution is 0.0950. The lowest BCUT2D eigenvalue weighted by Gasteiger charge is -2.19. The Hall–Kier alpha value is -2.92. The van der Waals surface area contributed by atoms with E-state index in [0.29, 0.717) is 26.8 Å². The van der Waals surface area contributed by atoms with Crippen molar-refractivity contribution >= 4 is 68.0 Å². The summed E-state index contributed by atoms with van der Waals surface area (Å²) in [5, 5.41) is 14.4. The normalized spacial score (nSPS) is 11.3. The van der Waals surface area contributed by atoms with Crippen molar-refractivity contribution < 1.29 is 14.3 Å². The highest BCUT2D eigenvalue weighted by atomic mass is 79.9. The van der Waals surface area contributed by atoms with Crippen molar-refractivity contribution in [3.8, 4) is 17.4 Å². The van der Waals surface area contributed by atoms with E-state index >= 15 is 0 Å². The van der Waals surface area contributed by atoms with Crippen molar-refractivity contribution in [3.05, 3.63) is 79.1 Å². The second-order valence-corrected chi connectivity index (χ2v) is 12.0. The summed E-state index contributed by atoms with van der Waals surface area (Å²) in [4.78, 5) is 31.0. The van der Waals surface area contributed by atoms with Gasteiger partial charge in [-0.15, -0.1) is 16.4 Å². The van der Waals surface area contributed by atoms with Crippen LogP contribution in [0.1, 0.15) is 48.0 Å². The smallest absolute Gasteiger partial charge is 0.274 e. The van der Waals surface area contributed by atoms with Crippen LogP contribution in [0.15, 0.2) is 57.8 Å². The molecule has 0 atom stereocenters. The van der Waals surface area contributed by atoms with Gasteiger partial charge in [0.25, 0.3) is 11.8 Å². The number of carbonyl (C=O) groups excluding carboxylic acids is 2. The Labute approximate surface area is 242 Å². The number of hydrogen-bond donors (Lipinski definition) is 2. The monoisotopic (exact) mass is 635 g/mol. The molecule has 0 saturated carbocycles. The van der Waals surface area contributed by atoms with Gasteiger partial charge >= 0.3 is 0 Å². The van der Waals surface area contributed by atoms with Gasteiger partial charge in [0.2, 0.25) is 5.88 Å². The van der Waals surface area contributed by atoms with Crippen LogP contribution >= 0.6 is 50.5 Å². The van der Waals surface area contributed by atoms with E-state index in [0.717, 1.165) is 6.42 Å². The standard InChI is InChI=1S/C26H24BrCl2N5O3S/c1-26(2,3)7-9-31-24(35)17-11-15(28)12-18(27)22(17)32-25(36)20-13-21(37-16-6-10-38-14-16)33-34(20)23-19(29)5-4-8-30-23/h4-6,8,10-14H,7,9H2,1-3H3,(H,31,35)(H,32,36). The molecule has 12 heteroatoms. The zero-order valence-corrected chi connectivity index (χ0v) is 24.6. The highest BCUT2D eigenvalue weighted by Gasteiger charge is 2.24. The van der Waals surface area contributed by atoms with Gasteiger partial charge < -0.3 is 15.4 Å². The minimum Gasteiger partial charge on any atom is -0.437 e. The first-order valence-electron chi connectivity index (χ1n) is 11.5. The fraction of sp³-hybridized carbons (Fsp3) is 0.231. The molecule has 0 unspecified atom stereocenters. The van der Waals surface area contributed by atoms with Gasteiger partial charge in [-0.2, -0.15) is 0 Å². The van der Waals surface area contributed by atoms with E-state index in [9.17, 15) is 9.59 Å². The zero-order valence-electron chi connectivity index (χ0n) is 20.7. The molecular weight excluding hydrogens is 613 g/mol. The number of nitrogens with zero attached hydrogens (tertiary/aromatic N) is 3. The first-order valence-corrected chi connectivity index (χ1v) is 14.0. The zero-order chi connectivity index (χ0) is 27.4. The lowest BCUT2D eigenvalue weighted by atomic mass is 9.92. The second kappa shape index (κ2) is 11.9. The molecule has 198 valence electrons. The number of aromatic nitrogens is 3. The summed E-state index contributed by atoms with van der Waals surface area (Å²) in [6, 6.07) is 9.68. The molecule has 2 N–H and O–H groups in total. The van der Waals surface area contributed by atoms with E-state index in [2.05, 4.69) is 57.4 Å². The molecule has 3 aromatic heterocycles. The summed E-state index contributed by atoms with van der Waals surface area (Å²) in [5.41, 5.74) is 0.612. The van der Waals surface area contributed by atoms with Crippen LogP contribution in [0, 0.1) is 5.41 Å². The number of nitrogens with one attached hydrogen (secondary N) is 2. The largest absolute Gasteiger partial charge is 0.437 e. The number of anilines is 1. The number of halogens is 3. The Bertz CT molecular complexity index is 1470. The first kappa shape index (κ1) is 28.1. The van der Waals surface area contributed by atoms with Crippen molar-refractivity contribution in [3.63, 3.8) is 0 Å². The fourth-order valence-electron chi connectivity index (χ4n) is 3.40. The Balaban J connectivity index is 1.68. The van der Waals surface area contributed by atoms with E-state index in [1.165, 1.54) is 28.2 Å². The molecule has 0 radical (unpaired) electrons. The van der Waals surface area contributed by atoms with Crippen molar-refractivity contribution in [2.45, 2.75) is 27.2 Å². The number of pyridine rings is 1. The fourth-order valence-corrected chi connectivity index (χ4v) is 5.06. The van der Waals surface area contributed by atoms with Gasteiger partial charge in [0.05, 0.1) is 16.3 Å². The van der Waals surface area contributed by atoms with Crippen LogP contribution in [0.3, 0.4) is 0 Å². The number of ether oxygens (including phenoxy) is 1. The Morgan fingerprint density at radius 1 is 1.16 bits per heavy atom. The van der Waals surface area contributed by atoms with Gasteiger partial charge in [-0.25, -0.2) is 9.67 Å². The van der Waals surface area contributed by atoms with Gasteiger partial charge in [-0.3, -0.25) is 9.59 Å². The predicted molar refractivity (Wildman–Crippen MR) is 154 cm³/mol. The highest BCUT2D eigenvalue weighted by molar-refractivity contribution is 9.10. The Kier molecular flexibility index (Phi) is 8.77. The third-order valence-corrected chi connectivity index (χ3v) is 7.08. The van der Waals surface area contributed by atoms with Crippen LogP contribution in [0.2, 0.25) is 10.0 Å². The first-order chi connectivity index (χ1) is 18.0. The topological polar surface area (TPSA) is 98.1 Å². The summed E-state index contributed by atoms with van der Waals surface area (Å²) in [6.45, 7) is 6.74.